The molecular formula is C10H15NO3. The second-order valence-corrected chi connectivity index (χ2v) is 3.93. The minimum Gasteiger partial charge on any atom is -0.465 e. The van der Waals surface area contributed by atoms with Gasteiger partial charge in [0.05, 0.1) is 12.7 Å². The highest BCUT2D eigenvalue weighted by atomic mass is 16.5. The average Bonchev–Trinajstić information content (AvgIpc) is 2.04. The number of rotatable bonds is 3. The summed E-state index contributed by atoms with van der Waals surface area (Å²) in [7, 11) is 0. The lowest BCUT2D eigenvalue weighted by Gasteiger charge is -2.18. The van der Waals surface area contributed by atoms with E-state index in [2.05, 4.69) is 4.74 Å². The third-order valence-electron chi connectivity index (χ3n) is 1.65. The van der Waals surface area contributed by atoms with Crippen LogP contribution in [0.4, 0.5) is 0 Å². The number of hydrogen-bond acceptors (Lipinski definition) is 4. The van der Waals surface area contributed by atoms with Crippen molar-refractivity contribution in [1.29, 1.82) is 5.26 Å². The quantitative estimate of drug-likeness (QED) is 0.505. The fourth-order valence-electron chi connectivity index (χ4n) is 0.877. The van der Waals surface area contributed by atoms with E-state index in [1.54, 1.807) is 33.8 Å². The van der Waals surface area contributed by atoms with Crippen molar-refractivity contribution in [3.8, 4) is 6.07 Å². The molecule has 0 spiro atoms. The maximum atomic E-state index is 11.6. The summed E-state index contributed by atoms with van der Waals surface area (Å²) < 4.78 is 4.63. The Balaban J connectivity index is 4.68. The highest BCUT2D eigenvalue weighted by Gasteiger charge is 2.35. The summed E-state index contributed by atoms with van der Waals surface area (Å²) in [6.07, 6.45) is 0. The molecule has 0 aromatic heterocycles. The largest absolute Gasteiger partial charge is 0.465 e. The topological polar surface area (TPSA) is 67.2 Å². The highest BCUT2D eigenvalue weighted by Crippen LogP contribution is 2.20. The Labute approximate surface area is 83.9 Å². The van der Waals surface area contributed by atoms with Crippen molar-refractivity contribution in [2.75, 3.05) is 6.61 Å². The highest BCUT2D eigenvalue weighted by molar-refractivity contribution is 6.03. The lowest BCUT2D eigenvalue weighted by atomic mass is 9.83. The van der Waals surface area contributed by atoms with E-state index in [1.807, 2.05) is 0 Å². The van der Waals surface area contributed by atoms with E-state index in [-0.39, 0.29) is 6.61 Å². The van der Waals surface area contributed by atoms with E-state index in [0.29, 0.717) is 0 Å². The molecule has 4 nitrogen and oxygen atoms in total. The monoisotopic (exact) mass is 197 g/mol. The third kappa shape index (κ3) is 3.17. The molecule has 0 bridgehead atoms. The van der Waals surface area contributed by atoms with Crippen molar-refractivity contribution >= 4 is 11.8 Å². The van der Waals surface area contributed by atoms with Crippen LogP contribution >= 0.6 is 0 Å². The van der Waals surface area contributed by atoms with Gasteiger partial charge in [0.15, 0.2) is 5.78 Å². The van der Waals surface area contributed by atoms with Gasteiger partial charge in [0.25, 0.3) is 0 Å². The second-order valence-electron chi connectivity index (χ2n) is 3.93. The summed E-state index contributed by atoms with van der Waals surface area (Å²) in [6.45, 7) is 6.80. The minimum absolute atomic E-state index is 0.175. The van der Waals surface area contributed by atoms with E-state index in [0.717, 1.165) is 0 Å². The zero-order chi connectivity index (χ0) is 11.4. The van der Waals surface area contributed by atoms with E-state index in [1.165, 1.54) is 0 Å². The summed E-state index contributed by atoms with van der Waals surface area (Å²) in [5.41, 5.74) is -0.701. The molecule has 78 valence electrons. The van der Waals surface area contributed by atoms with E-state index < -0.39 is 23.1 Å². The molecule has 0 aliphatic rings. The van der Waals surface area contributed by atoms with Crippen LogP contribution in [-0.2, 0) is 14.3 Å². The van der Waals surface area contributed by atoms with Gasteiger partial charge in [0.2, 0.25) is 5.92 Å². The van der Waals surface area contributed by atoms with Crippen LogP contribution in [-0.4, -0.2) is 18.4 Å². The molecule has 4 heteroatoms. The number of ether oxygens (including phenoxy) is 1. The first-order valence-electron chi connectivity index (χ1n) is 4.45. The predicted octanol–water partition coefficient (Wildman–Crippen LogP) is 1.30. The number of esters is 1. The van der Waals surface area contributed by atoms with Crippen LogP contribution < -0.4 is 0 Å². The summed E-state index contributed by atoms with van der Waals surface area (Å²) >= 11 is 0. The van der Waals surface area contributed by atoms with Gasteiger partial charge in [-0.1, -0.05) is 20.8 Å². The van der Waals surface area contributed by atoms with E-state index >= 15 is 0 Å². The Morgan fingerprint density at radius 1 is 1.43 bits per heavy atom. The Morgan fingerprint density at radius 3 is 2.21 bits per heavy atom. The number of ketones is 1. The summed E-state index contributed by atoms with van der Waals surface area (Å²) in [5.74, 6) is -2.46. The summed E-state index contributed by atoms with van der Waals surface area (Å²) in [6, 6.07) is 1.67. The molecule has 0 aromatic carbocycles. The van der Waals surface area contributed by atoms with Crippen LogP contribution in [0.2, 0.25) is 0 Å². The zero-order valence-electron chi connectivity index (χ0n) is 8.96. The lowest BCUT2D eigenvalue weighted by Crippen LogP contribution is -2.33. The van der Waals surface area contributed by atoms with Gasteiger partial charge < -0.3 is 4.74 Å². The maximum absolute atomic E-state index is 11.6. The lowest BCUT2D eigenvalue weighted by molar-refractivity contribution is -0.151. The van der Waals surface area contributed by atoms with Crippen LogP contribution in [0.15, 0.2) is 0 Å². The normalized spacial score (nSPS) is 12.8. The van der Waals surface area contributed by atoms with Gasteiger partial charge in [0, 0.05) is 5.41 Å². The Morgan fingerprint density at radius 2 is 1.93 bits per heavy atom. The number of nitriles is 1. The zero-order valence-corrected chi connectivity index (χ0v) is 8.96. The number of carbonyl (C=O) groups is 2. The molecule has 0 aliphatic heterocycles. The van der Waals surface area contributed by atoms with Gasteiger partial charge in [0.1, 0.15) is 0 Å². The van der Waals surface area contributed by atoms with Gasteiger partial charge in [-0.3, -0.25) is 9.59 Å². The first-order valence-corrected chi connectivity index (χ1v) is 4.45. The number of nitrogens with zero attached hydrogens (tertiary/aromatic N) is 1. The predicted molar refractivity (Wildman–Crippen MR) is 50.2 cm³/mol. The van der Waals surface area contributed by atoms with Crippen molar-refractivity contribution in [2.24, 2.45) is 11.3 Å². The van der Waals surface area contributed by atoms with Crippen molar-refractivity contribution in [3.63, 3.8) is 0 Å². The van der Waals surface area contributed by atoms with Gasteiger partial charge in [-0.15, -0.1) is 0 Å². The summed E-state index contributed by atoms with van der Waals surface area (Å²) in [4.78, 5) is 22.8. The van der Waals surface area contributed by atoms with Gasteiger partial charge in [-0.2, -0.15) is 5.26 Å². The first-order chi connectivity index (χ1) is 6.34. The number of Topliss-reactive ketones (excluding diaryl/α,β-unsaturated/α-hetero) is 1. The van der Waals surface area contributed by atoms with Gasteiger partial charge in [-0.25, -0.2) is 0 Å². The molecule has 14 heavy (non-hydrogen) atoms. The molecule has 0 aromatic rings. The SMILES string of the molecule is CCOC(=O)[C@@H](C#N)C(=O)C(C)(C)C. The van der Waals surface area contributed by atoms with Crippen LogP contribution in [0.3, 0.4) is 0 Å². The molecule has 0 unspecified atom stereocenters. The third-order valence-corrected chi connectivity index (χ3v) is 1.65. The summed E-state index contributed by atoms with van der Waals surface area (Å²) in [5, 5.41) is 8.69. The Bertz CT molecular complexity index is 270. The van der Waals surface area contributed by atoms with E-state index in [9.17, 15) is 9.59 Å². The second kappa shape index (κ2) is 4.75. The molecule has 0 fully saturated rings. The first kappa shape index (κ1) is 12.6. The van der Waals surface area contributed by atoms with Crippen LogP contribution in [0.5, 0.6) is 0 Å². The molecule has 0 N–H and O–H groups in total. The number of hydrogen-bond donors (Lipinski definition) is 0. The molecule has 1 atom stereocenters. The average molecular weight is 197 g/mol. The van der Waals surface area contributed by atoms with Crippen molar-refractivity contribution in [2.45, 2.75) is 27.7 Å². The Hall–Kier alpha value is -1.37. The molecule has 0 saturated heterocycles. The van der Waals surface area contributed by atoms with E-state index in [4.69, 9.17) is 5.26 Å². The van der Waals surface area contributed by atoms with Crippen molar-refractivity contribution in [3.05, 3.63) is 0 Å². The maximum Gasteiger partial charge on any atom is 0.331 e. The van der Waals surface area contributed by atoms with Crippen molar-refractivity contribution < 1.29 is 14.3 Å². The molecule has 0 saturated carbocycles. The van der Waals surface area contributed by atoms with Gasteiger partial charge >= 0.3 is 5.97 Å². The molecule has 0 rings (SSSR count). The molecule has 0 amide bonds. The molecular weight excluding hydrogens is 182 g/mol. The number of carbonyl (C=O) groups excluding carboxylic acids is 2. The molecule has 0 aliphatic carbocycles. The van der Waals surface area contributed by atoms with Gasteiger partial charge in [-0.05, 0) is 6.92 Å². The standard InChI is InChI=1S/C10H15NO3/c1-5-14-9(13)7(6-11)8(12)10(2,3)4/h7H,5H2,1-4H3/t7-/m0/s1. The van der Waals surface area contributed by atoms with Crippen LogP contribution in [0.25, 0.3) is 0 Å². The molecule has 0 heterocycles. The van der Waals surface area contributed by atoms with Crippen LogP contribution in [0, 0.1) is 22.7 Å². The fraction of sp³-hybridized carbons (Fsp3) is 0.700. The fourth-order valence-corrected chi connectivity index (χ4v) is 0.877. The Kier molecular flexibility index (Phi) is 4.29. The molecule has 0 radical (unpaired) electrons. The minimum atomic E-state index is -1.30. The van der Waals surface area contributed by atoms with Crippen LogP contribution in [0.1, 0.15) is 27.7 Å². The smallest absolute Gasteiger partial charge is 0.331 e. The van der Waals surface area contributed by atoms with Crippen molar-refractivity contribution in [1.82, 2.24) is 0 Å².